The van der Waals surface area contributed by atoms with Crippen LogP contribution in [0.5, 0.6) is 0 Å². The van der Waals surface area contributed by atoms with Gasteiger partial charge in [0.1, 0.15) is 0 Å². The van der Waals surface area contributed by atoms with Crippen LogP contribution in [-0.2, 0) is 0 Å². The zero-order chi connectivity index (χ0) is 13.9. The molecule has 1 nitrogen and oxygen atoms in total. The van der Waals surface area contributed by atoms with Crippen LogP contribution in [-0.4, -0.2) is 12.3 Å². The van der Waals surface area contributed by atoms with Crippen molar-refractivity contribution in [3.8, 4) is 0 Å². The van der Waals surface area contributed by atoms with E-state index in [9.17, 15) is 0 Å². The summed E-state index contributed by atoms with van der Waals surface area (Å²) in [5, 5.41) is 0. The van der Waals surface area contributed by atoms with Gasteiger partial charge in [0.05, 0.1) is 0 Å². The number of rotatable bonds is 2. The van der Waals surface area contributed by atoms with Crippen LogP contribution in [0.25, 0.3) is 0 Å². The summed E-state index contributed by atoms with van der Waals surface area (Å²) in [5.41, 5.74) is 3.00. The SMILES string of the molecule is Cc1ccc(C=NC2CCC(C(C)(C)C)CC2)cc1. The number of benzene rings is 1. The Morgan fingerprint density at radius 1 is 1.00 bits per heavy atom. The van der Waals surface area contributed by atoms with Gasteiger partial charge in [0.2, 0.25) is 0 Å². The summed E-state index contributed by atoms with van der Waals surface area (Å²) in [6.45, 7) is 9.23. The standard InChI is InChI=1S/C18H27N/c1-14-5-7-15(8-6-14)13-19-17-11-9-16(10-12-17)18(2,3)4/h5-8,13,16-17H,9-12H2,1-4H3. The van der Waals surface area contributed by atoms with Gasteiger partial charge in [-0.25, -0.2) is 0 Å². The number of hydrogen-bond donors (Lipinski definition) is 0. The lowest BCUT2D eigenvalue weighted by Crippen LogP contribution is -2.27. The smallest absolute Gasteiger partial charge is 0.0500 e. The third kappa shape index (κ3) is 4.19. The third-order valence-electron chi connectivity index (χ3n) is 4.43. The van der Waals surface area contributed by atoms with Crippen LogP contribution < -0.4 is 0 Å². The predicted molar refractivity (Wildman–Crippen MR) is 84.0 cm³/mol. The molecule has 0 aliphatic heterocycles. The van der Waals surface area contributed by atoms with E-state index in [1.165, 1.54) is 36.8 Å². The fourth-order valence-electron chi connectivity index (χ4n) is 2.93. The Bertz CT molecular complexity index is 414. The number of nitrogens with zero attached hydrogens (tertiary/aromatic N) is 1. The second-order valence-electron chi connectivity index (χ2n) is 7.06. The monoisotopic (exact) mass is 257 g/mol. The van der Waals surface area contributed by atoms with E-state index in [1.54, 1.807) is 0 Å². The quantitative estimate of drug-likeness (QED) is 0.660. The highest BCUT2D eigenvalue weighted by atomic mass is 14.8. The van der Waals surface area contributed by atoms with Gasteiger partial charge in [-0.15, -0.1) is 0 Å². The Morgan fingerprint density at radius 3 is 2.11 bits per heavy atom. The topological polar surface area (TPSA) is 12.4 Å². The first-order valence-corrected chi connectivity index (χ1v) is 7.55. The second kappa shape index (κ2) is 5.90. The summed E-state index contributed by atoms with van der Waals surface area (Å²) in [6.07, 6.45) is 7.23. The Morgan fingerprint density at radius 2 is 1.58 bits per heavy atom. The van der Waals surface area contributed by atoms with Crippen molar-refractivity contribution in [2.75, 3.05) is 0 Å². The molecule has 104 valence electrons. The third-order valence-corrected chi connectivity index (χ3v) is 4.43. The van der Waals surface area contributed by atoms with E-state index < -0.39 is 0 Å². The van der Waals surface area contributed by atoms with Gasteiger partial charge in [-0.05, 0) is 49.5 Å². The van der Waals surface area contributed by atoms with Crippen molar-refractivity contribution >= 4 is 6.21 Å². The fourth-order valence-corrected chi connectivity index (χ4v) is 2.93. The van der Waals surface area contributed by atoms with Crippen molar-refractivity contribution in [1.82, 2.24) is 0 Å². The average molecular weight is 257 g/mol. The molecule has 0 saturated heterocycles. The lowest BCUT2D eigenvalue weighted by atomic mass is 9.71. The van der Waals surface area contributed by atoms with E-state index in [0.717, 1.165) is 5.92 Å². The molecular formula is C18H27N. The molecule has 0 N–H and O–H groups in total. The van der Waals surface area contributed by atoms with Gasteiger partial charge in [0.25, 0.3) is 0 Å². The predicted octanol–water partition coefficient (Wildman–Crippen LogP) is 5.02. The first-order chi connectivity index (χ1) is 8.95. The molecule has 2 rings (SSSR count). The molecule has 19 heavy (non-hydrogen) atoms. The van der Waals surface area contributed by atoms with E-state index in [0.29, 0.717) is 11.5 Å². The number of aryl methyl sites for hydroxylation is 1. The molecule has 0 spiro atoms. The van der Waals surface area contributed by atoms with Gasteiger partial charge in [-0.3, -0.25) is 4.99 Å². The van der Waals surface area contributed by atoms with Crippen LogP contribution in [0, 0.1) is 18.3 Å². The minimum Gasteiger partial charge on any atom is -0.289 e. The van der Waals surface area contributed by atoms with Crippen molar-refractivity contribution in [3.63, 3.8) is 0 Å². The molecule has 1 aromatic rings. The Hall–Kier alpha value is -1.11. The fraction of sp³-hybridized carbons (Fsp3) is 0.611. The van der Waals surface area contributed by atoms with Crippen LogP contribution in [0.1, 0.15) is 57.6 Å². The van der Waals surface area contributed by atoms with E-state index in [1.807, 2.05) is 0 Å². The van der Waals surface area contributed by atoms with Gasteiger partial charge in [0, 0.05) is 12.3 Å². The Kier molecular flexibility index (Phi) is 4.44. The first kappa shape index (κ1) is 14.3. The largest absolute Gasteiger partial charge is 0.289 e. The zero-order valence-corrected chi connectivity index (χ0v) is 12.8. The van der Waals surface area contributed by atoms with Gasteiger partial charge >= 0.3 is 0 Å². The molecule has 1 aromatic carbocycles. The molecule has 1 fully saturated rings. The molecule has 0 bridgehead atoms. The summed E-state index contributed by atoms with van der Waals surface area (Å²) in [6, 6.07) is 9.15. The van der Waals surface area contributed by atoms with Crippen molar-refractivity contribution in [2.24, 2.45) is 16.3 Å². The van der Waals surface area contributed by atoms with Gasteiger partial charge < -0.3 is 0 Å². The lowest BCUT2D eigenvalue weighted by Gasteiger charge is -2.35. The molecule has 0 radical (unpaired) electrons. The summed E-state index contributed by atoms with van der Waals surface area (Å²) in [5.74, 6) is 0.873. The molecular weight excluding hydrogens is 230 g/mol. The van der Waals surface area contributed by atoms with E-state index in [2.05, 4.69) is 58.2 Å². The molecule has 0 unspecified atom stereocenters. The molecule has 0 amide bonds. The summed E-state index contributed by atoms with van der Waals surface area (Å²) in [4.78, 5) is 4.77. The van der Waals surface area contributed by atoms with Gasteiger partial charge in [-0.2, -0.15) is 0 Å². The van der Waals surface area contributed by atoms with E-state index in [-0.39, 0.29) is 0 Å². The van der Waals surface area contributed by atoms with Crippen LogP contribution in [0.4, 0.5) is 0 Å². The van der Waals surface area contributed by atoms with E-state index in [4.69, 9.17) is 4.99 Å². The average Bonchev–Trinajstić information content (AvgIpc) is 2.37. The first-order valence-electron chi connectivity index (χ1n) is 7.55. The highest BCUT2D eigenvalue weighted by molar-refractivity contribution is 5.79. The maximum absolute atomic E-state index is 4.77. The van der Waals surface area contributed by atoms with E-state index >= 15 is 0 Å². The van der Waals surface area contributed by atoms with Crippen molar-refractivity contribution in [2.45, 2.75) is 59.4 Å². The summed E-state index contributed by atoms with van der Waals surface area (Å²) < 4.78 is 0. The van der Waals surface area contributed by atoms with Gasteiger partial charge in [0.15, 0.2) is 0 Å². The molecule has 0 atom stereocenters. The normalized spacial score (nSPS) is 24.8. The van der Waals surface area contributed by atoms with Crippen molar-refractivity contribution < 1.29 is 0 Å². The minimum absolute atomic E-state index is 0.464. The number of aliphatic imine (C=N–C) groups is 1. The highest BCUT2D eigenvalue weighted by Gasteiger charge is 2.29. The van der Waals surface area contributed by atoms with Gasteiger partial charge in [-0.1, -0.05) is 50.6 Å². The van der Waals surface area contributed by atoms with Crippen molar-refractivity contribution in [3.05, 3.63) is 35.4 Å². The molecule has 1 heteroatoms. The van der Waals surface area contributed by atoms with Crippen LogP contribution in [0.3, 0.4) is 0 Å². The number of hydrogen-bond acceptors (Lipinski definition) is 1. The Labute approximate surface area is 118 Å². The molecule has 1 aliphatic rings. The van der Waals surface area contributed by atoms with Crippen LogP contribution in [0.15, 0.2) is 29.3 Å². The molecule has 0 heterocycles. The minimum atomic E-state index is 0.464. The zero-order valence-electron chi connectivity index (χ0n) is 12.8. The second-order valence-corrected chi connectivity index (χ2v) is 7.06. The summed E-state index contributed by atoms with van der Waals surface area (Å²) in [7, 11) is 0. The Balaban J connectivity index is 1.87. The maximum Gasteiger partial charge on any atom is 0.0500 e. The maximum atomic E-state index is 4.77. The van der Waals surface area contributed by atoms with Crippen molar-refractivity contribution in [1.29, 1.82) is 0 Å². The van der Waals surface area contributed by atoms with Crippen LogP contribution >= 0.6 is 0 Å². The lowest BCUT2D eigenvalue weighted by molar-refractivity contribution is 0.170. The molecule has 1 aliphatic carbocycles. The molecule has 0 aromatic heterocycles. The highest BCUT2D eigenvalue weighted by Crippen LogP contribution is 2.38. The summed E-state index contributed by atoms with van der Waals surface area (Å²) >= 11 is 0. The molecule has 1 saturated carbocycles. The van der Waals surface area contributed by atoms with Crippen LogP contribution in [0.2, 0.25) is 0 Å².